The zero-order chi connectivity index (χ0) is 11.1. The van der Waals surface area contributed by atoms with Gasteiger partial charge in [-0.05, 0) is 12.1 Å². The number of aromatic nitrogens is 2. The van der Waals surface area contributed by atoms with Crippen molar-refractivity contribution in [2.24, 2.45) is 0 Å². The van der Waals surface area contributed by atoms with Crippen LogP contribution < -0.4 is 5.73 Å². The number of halogens is 3. The molecule has 0 aliphatic rings. The first-order valence-electron chi connectivity index (χ1n) is 4.23. The van der Waals surface area contributed by atoms with Gasteiger partial charge in [0.1, 0.15) is 6.54 Å². The Balaban J connectivity index is 2.53. The van der Waals surface area contributed by atoms with Gasteiger partial charge in [-0.3, -0.25) is 0 Å². The zero-order valence-electron chi connectivity index (χ0n) is 7.62. The predicted molar refractivity (Wildman–Crippen MR) is 50.2 cm³/mol. The molecule has 0 atom stereocenters. The van der Waals surface area contributed by atoms with E-state index in [1.165, 1.54) is 0 Å². The van der Waals surface area contributed by atoms with E-state index in [1.54, 1.807) is 18.2 Å². The van der Waals surface area contributed by atoms with Gasteiger partial charge in [-0.1, -0.05) is 6.07 Å². The summed E-state index contributed by atoms with van der Waals surface area (Å²) in [5, 5.41) is 0. The Morgan fingerprint density at radius 2 is 2.07 bits per heavy atom. The molecule has 0 aliphatic carbocycles. The fourth-order valence-electron chi connectivity index (χ4n) is 1.47. The Hall–Kier alpha value is -1.72. The fraction of sp³-hybridized carbons (Fsp3) is 0.222. The topological polar surface area (TPSA) is 43.8 Å². The molecule has 1 heterocycles. The number of nitrogen functional groups attached to an aromatic ring is 1. The molecule has 0 saturated heterocycles. The Labute approximate surface area is 83.3 Å². The average Bonchev–Trinajstić information content (AvgIpc) is 2.47. The number of hydrogen-bond donors (Lipinski definition) is 1. The minimum atomic E-state index is -4.27. The second-order valence-corrected chi connectivity index (χ2v) is 3.20. The van der Waals surface area contributed by atoms with Crippen LogP contribution in [0, 0.1) is 0 Å². The molecule has 6 heteroatoms. The number of alkyl halides is 3. The molecule has 0 fully saturated rings. The van der Waals surface area contributed by atoms with Crippen LogP contribution in [-0.2, 0) is 6.54 Å². The van der Waals surface area contributed by atoms with Crippen molar-refractivity contribution in [3.63, 3.8) is 0 Å². The first kappa shape index (κ1) is 9.82. The first-order valence-corrected chi connectivity index (χ1v) is 4.23. The van der Waals surface area contributed by atoms with Crippen molar-refractivity contribution in [3.05, 3.63) is 24.5 Å². The lowest BCUT2D eigenvalue weighted by molar-refractivity contribution is -0.139. The standard InChI is InChI=1S/C9H8F3N3/c10-9(11,12)4-15-5-14-7-3-1-2-6(13)8(7)15/h1-3,5H,4,13H2. The molecule has 0 spiro atoms. The summed E-state index contributed by atoms with van der Waals surface area (Å²) in [7, 11) is 0. The van der Waals surface area contributed by atoms with Gasteiger partial charge in [-0.2, -0.15) is 13.2 Å². The van der Waals surface area contributed by atoms with Crippen molar-refractivity contribution in [2.45, 2.75) is 12.7 Å². The molecule has 2 aromatic rings. The second-order valence-electron chi connectivity index (χ2n) is 3.20. The highest BCUT2D eigenvalue weighted by atomic mass is 19.4. The van der Waals surface area contributed by atoms with E-state index in [0.29, 0.717) is 16.7 Å². The van der Waals surface area contributed by atoms with Gasteiger partial charge in [0.05, 0.1) is 23.0 Å². The number of para-hydroxylation sites is 1. The van der Waals surface area contributed by atoms with Crippen molar-refractivity contribution >= 4 is 16.7 Å². The maximum absolute atomic E-state index is 12.2. The lowest BCUT2D eigenvalue weighted by Crippen LogP contribution is -2.17. The van der Waals surface area contributed by atoms with E-state index in [4.69, 9.17) is 5.73 Å². The number of hydrogen-bond acceptors (Lipinski definition) is 2. The van der Waals surface area contributed by atoms with Gasteiger partial charge < -0.3 is 10.3 Å². The lowest BCUT2D eigenvalue weighted by atomic mass is 10.2. The van der Waals surface area contributed by atoms with Crippen LogP contribution in [0.1, 0.15) is 0 Å². The lowest BCUT2D eigenvalue weighted by Gasteiger charge is -2.08. The number of anilines is 1. The SMILES string of the molecule is Nc1cccc2ncn(CC(F)(F)F)c12. The summed E-state index contributed by atoms with van der Waals surface area (Å²) in [6.07, 6.45) is -3.12. The monoisotopic (exact) mass is 215 g/mol. The molecular weight excluding hydrogens is 207 g/mol. The van der Waals surface area contributed by atoms with E-state index >= 15 is 0 Å². The van der Waals surface area contributed by atoms with Gasteiger partial charge in [-0.15, -0.1) is 0 Å². The number of nitrogens with two attached hydrogens (primary N) is 1. The van der Waals surface area contributed by atoms with Crippen LogP contribution in [-0.4, -0.2) is 15.7 Å². The van der Waals surface area contributed by atoms with Crippen molar-refractivity contribution in [2.75, 3.05) is 5.73 Å². The summed E-state index contributed by atoms with van der Waals surface area (Å²) in [5.74, 6) is 0. The van der Waals surface area contributed by atoms with Gasteiger partial charge in [0.2, 0.25) is 0 Å². The Morgan fingerprint density at radius 1 is 1.33 bits per heavy atom. The molecular formula is C9H8F3N3. The molecule has 0 unspecified atom stereocenters. The molecule has 0 radical (unpaired) electrons. The molecule has 1 aromatic carbocycles. The zero-order valence-corrected chi connectivity index (χ0v) is 7.62. The van der Waals surface area contributed by atoms with Crippen molar-refractivity contribution in [3.8, 4) is 0 Å². The quantitative estimate of drug-likeness (QED) is 0.741. The minimum absolute atomic E-state index is 0.300. The third-order valence-corrected chi connectivity index (χ3v) is 2.02. The van der Waals surface area contributed by atoms with Gasteiger partial charge in [0.15, 0.2) is 0 Å². The third-order valence-electron chi connectivity index (χ3n) is 2.02. The molecule has 0 bridgehead atoms. The third kappa shape index (κ3) is 1.88. The molecule has 0 amide bonds. The van der Waals surface area contributed by atoms with Crippen molar-refractivity contribution in [1.82, 2.24) is 9.55 Å². The van der Waals surface area contributed by atoms with Crippen LogP contribution in [0.15, 0.2) is 24.5 Å². The number of fused-ring (bicyclic) bond motifs is 1. The van der Waals surface area contributed by atoms with Crippen LogP contribution in [0.2, 0.25) is 0 Å². The first-order chi connectivity index (χ1) is 6.97. The smallest absolute Gasteiger partial charge is 0.397 e. The number of rotatable bonds is 1. The molecule has 1 aromatic heterocycles. The van der Waals surface area contributed by atoms with E-state index in [0.717, 1.165) is 10.9 Å². The van der Waals surface area contributed by atoms with Crippen LogP contribution in [0.5, 0.6) is 0 Å². The highest BCUT2D eigenvalue weighted by Crippen LogP contribution is 2.24. The van der Waals surface area contributed by atoms with E-state index in [-0.39, 0.29) is 0 Å². The van der Waals surface area contributed by atoms with E-state index in [9.17, 15) is 13.2 Å². The van der Waals surface area contributed by atoms with Gasteiger partial charge in [0, 0.05) is 0 Å². The second kappa shape index (κ2) is 3.15. The maximum Gasteiger partial charge on any atom is 0.406 e. The molecule has 15 heavy (non-hydrogen) atoms. The van der Waals surface area contributed by atoms with Gasteiger partial charge >= 0.3 is 6.18 Å². The predicted octanol–water partition coefficient (Wildman–Crippen LogP) is 2.18. The molecule has 0 saturated carbocycles. The minimum Gasteiger partial charge on any atom is -0.397 e. The molecule has 0 aliphatic heterocycles. The highest BCUT2D eigenvalue weighted by Gasteiger charge is 2.28. The molecule has 2 rings (SSSR count). The Morgan fingerprint density at radius 3 is 2.73 bits per heavy atom. The average molecular weight is 215 g/mol. The van der Waals surface area contributed by atoms with Crippen molar-refractivity contribution < 1.29 is 13.2 Å². The van der Waals surface area contributed by atoms with Crippen molar-refractivity contribution in [1.29, 1.82) is 0 Å². The highest BCUT2D eigenvalue weighted by molar-refractivity contribution is 5.87. The summed E-state index contributed by atoms with van der Waals surface area (Å²) in [6, 6.07) is 4.83. The number of benzene rings is 1. The molecule has 2 N–H and O–H groups in total. The molecule has 3 nitrogen and oxygen atoms in total. The Kier molecular flexibility index (Phi) is 2.06. The summed E-state index contributed by atoms with van der Waals surface area (Å²) in [5.41, 5.74) is 6.69. The van der Waals surface area contributed by atoms with Crippen LogP contribution >= 0.6 is 0 Å². The van der Waals surface area contributed by atoms with Gasteiger partial charge in [0.25, 0.3) is 0 Å². The number of nitrogens with zero attached hydrogens (tertiary/aromatic N) is 2. The summed E-state index contributed by atoms with van der Waals surface area (Å²) in [4.78, 5) is 3.85. The van der Waals surface area contributed by atoms with Crippen LogP contribution in [0.3, 0.4) is 0 Å². The van der Waals surface area contributed by atoms with Gasteiger partial charge in [-0.25, -0.2) is 4.98 Å². The van der Waals surface area contributed by atoms with E-state index in [2.05, 4.69) is 4.98 Å². The summed E-state index contributed by atoms with van der Waals surface area (Å²) < 4.78 is 37.6. The summed E-state index contributed by atoms with van der Waals surface area (Å²) in [6.45, 7) is -1.07. The number of imidazole rings is 1. The largest absolute Gasteiger partial charge is 0.406 e. The normalized spacial score (nSPS) is 12.2. The Bertz CT molecular complexity index is 487. The maximum atomic E-state index is 12.2. The van der Waals surface area contributed by atoms with E-state index < -0.39 is 12.7 Å². The molecule has 80 valence electrons. The van der Waals surface area contributed by atoms with E-state index in [1.807, 2.05) is 0 Å². The summed E-state index contributed by atoms with van der Waals surface area (Å²) >= 11 is 0. The van der Waals surface area contributed by atoms with Crippen LogP contribution in [0.25, 0.3) is 11.0 Å². The van der Waals surface area contributed by atoms with Crippen LogP contribution in [0.4, 0.5) is 18.9 Å². The fourth-order valence-corrected chi connectivity index (χ4v) is 1.47.